The smallest absolute Gasteiger partial charge is 0.434 e. The molecule has 3 rings (SSSR count). The molecule has 1 aromatic carbocycles. The number of hydrogen-bond donors (Lipinski definition) is 2. The summed E-state index contributed by atoms with van der Waals surface area (Å²) in [6, 6.07) is 2.55. The molecule has 2 atom stereocenters. The van der Waals surface area contributed by atoms with Crippen LogP contribution in [0.25, 0.3) is 0 Å². The molecule has 1 aliphatic heterocycles. The molecule has 0 saturated heterocycles. The van der Waals surface area contributed by atoms with Crippen LogP contribution >= 0.6 is 0 Å². The molecule has 1 fully saturated rings. The molecule has 1 aromatic rings. The lowest BCUT2D eigenvalue weighted by Crippen LogP contribution is -2.46. The summed E-state index contributed by atoms with van der Waals surface area (Å²) in [4.78, 5) is 23.4. The Labute approximate surface area is 137 Å². The van der Waals surface area contributed by atoms with Crippen molar-refractivity contribution < 1.29 is 38.2 Å². The summed E-state index contributed by atoms with van der Waals surface area (Å²) in [5.74, 6) is -3.84. The van der Waals surface area contributed by atoms with Gasteiger partial charge in [-0.15, -0.1) is 0 Å². The Kier molecular flexibility index (Phi) is 4.01. The van der Waals surface area contributed by atoms with Crippen LogP contribution in [0, 0.1) is 11.7 Å². The maximum atomic E-state index is 14.1. The highest BCUT2D eigenvalue weighted by molar-refractivity contribution is 6.62. The Morgan fingerprint density at radius 3 is 2.75 bits per heavy atom. The van der Waals surface area contributed by atoms with Crippen molar-refractivity contribution in [3.8, 4) is 5.75 Å². The highest BCUT2D eigenvalue weighted by Gasteiger charge is 2.55. The lowest BCUT2D eigenvalue weighted by atomic mass is 9.68. The summed E-state index contributed by atoms with van der Waals surface area (Å²) >= 11 is 0. The second kappa shape index (κ2) is 5.75. The van der Waals surface area contributed by atoms with Crippen molar-refractivity contribution in [1.82, 2.24) is 0 Å². The maximum Gasteiger partial charge on any atom is 0.434 e. The third kappa shape index (κ3) is 2.85. The first-order valence-corrected chi connectivity index (χ1v) is 7.66. The molecule has 1 saturated carbocycles. The van der Waals surface area contributed by atoms with E-state index < -0.39 is 48.6 Å². The SMILES string of the molecule is CC(C)C(=O)OCOC(=O)c1c(F)ccc2c1O[B-](O)(O)[C@@H]1C[C@H]21. The van der Waals surface area contributed by atoms with Gasteiger partial charge >= 0.3 is 18.7 Å². The van der Waals surface area contributed by atoms with E-state index in [0.717, 1.165) is 6.07 Å². The summed E-state index contributed by atoms with van der Waals surface area (Å²) in [5, 5.41) is 19.8. The predicted molar refractivity (Wildman–Crippen MR) is 79.5 cm³/mol. The van der Waals surface area contributed by atoms with Crippen molar-refractivity contribution in [2.45, 2.75) is 32.0 Å². The van der Waals surface area contributed by atoms with E-state index in [9.17, 15) is 24.0 Å². The zero-order valence-electron chi connectivity index (χ0n) is 13.2. The number of carbonyl (C=O) groups is 2. The van der Waals surface area contributed by atoms with Gasteiger partial charge in [0.15, 0.2) is 0 Å². The molecule has 130 valence electrons. The van der Waals surface area contributed by atoms with Crippen LogP contribution in [0.15, 0.2) is 12.1 Å². The molecule has 0 radical (unpaired) electrons. The molecule has 0 unspecified atom stereocenters. The summed E-state index contributed by atoms with van der Waals surface area (Å²) in [6.45, 7) is -0.589. The minimum absolute atomic E-state index is 0.185. The highest BCUT2D eigenvalue weighted by Crippen LogP contribution is 2.62. The van der Waals surface area contributed by atoms with Crippen LogP contribution in [-0.4, -0.2) is 35.5 Å². The average molecular weight is 339 g/mol. The molecular formula is C15H17BFO7-. The number of rotatable bonds is 4. The fourth-order valence-corrected chi connectivity index (χ4v) is 2.88. The van der Waals surface area contributed by atoms with Crippen molar-refractivity contribution in [3.63, 3.8) is 0 Å². The minimum Gasteiger partial charge on any atom is -0.669 e. The van der Waals surface area contributed by atoms with Gasteiger partial charge < -0.3 is 24.2 Å². The number of fused-ring (bicyclic) bond motifs is 3. The molecule has 0 bridgehead atoms. The Hall–Kier alpha value is -2.13. The van der Waals surface area contributed by atoms with Crippen LogP contribution in [0.3, 0.4) is 0 Å². The second-order valence-corrected chi connectivity index (χ2v) is 6.39. The monoisotopic (exact) mass is 339 g/mol. The Morgan fingerprint density at radius 2 is 2.08 bits per heavy atom. The topological polar surface area (TPSA) is 102 Å². The van der Waals surface area contributed by atoms with Gasteiger partial charge in [-0.3, -0.25) is 4.79 Å². The zero-order chi connectivity index (χ0) is 17.6. The van der Waals surface area contributed by atoms with E-state index in [1.807, 2.05) is 0 Å². The van der Waals surface area contributed by atoms with E-state index in [1.165, 1.54) is 6.07 Å². The number of hydrogen-bond acceptors (Lipinski definition) is 7. The summed E-state index contributed by atoms with van der Waals surface area (Å²) in [5.41, 5.74) is 0.000853. The predicted octanol–water partition coefficient (Wildman–Crippen LogP) is 1.31. The summed E-state index contributed by atoms with van der Waals surface area (Å²) in [6.07, 6.45) is 0.492. The van der Waals surface area contributed by atoms with Crippen molar-refractivity contribution in [3.05, 3.63) is 29.1 Å². The molecule has 2 N–H and O–H groups in total. The Balaban J connectivity index is 1.80. The maximum absolute atomic E-state index is 14.1. The quantitative estimate of drug-likeness (QED) is 0.484. The largest absolute Gasteiger partial charge is 0.669 e. The molecule has 7 nitrogen and oxygen atoms in total. The van der Waals surface area contributed by atoms with E-state index in [0.29, 0.717) is 12.0 Å². The highest BCUT2D eigenvalue weighted by atomic mass is 19.1. The molecule has 0 aromatic heterocycles. The molecule has 24 heavy (non-hydrogen) atoms. The standard InChI is InChI=1S/C15H17BFO7/c1-7(2)14(18)22-6-23-15(19)12-11(17)4-3-8-9-5-10(9)16(20,21)24-13(8)12/h3-4,7,9-10,20-21H,5-6H2,1-2H3/q-1/t9-,10-/m1/s1. The third-order valence-corrected chi connectivity index (χ3v) is 4.29. The minimum atomic E-state index is -3.15. The van der Waals surface area contributed by atoms with Crippen molar-refractivity contribution in [2.75, 3.05) is 6.79 Å². The van der Waals surface area contributed by atoms with E-state index in [1.54, 1.807) is 13.8 Å². The van der Waals surface area contributed by atoms with Crippen LogP contribution in [0.4, 0.5) is 4.39 Å². The first-order chi connectivity index (χ1) is 11.2. The average Bonchev–Trinajstić information content (AvgIpc) is 3.27. The van der Waals surface area contributed by atoms with Crippen LogP contribution in [-0.2, 0) is 14.3 Å². The molecule has 9 heteroatoms. The first kappa shape index (κ1) is 16.7. The number of carbonyl (C=O) groups excluding carboxylic acids is 2. The second-order valence-electron chi connectivity index (χ2n) is 6.39. The molecule has 0 spiro atoms. The third-order valence-electron chi connectivity index (χ3n) is 4.29. The zero-order valence-corrected chi connectivity index (χ0v) is 13.2. The van der Waals surface area contributed by atoms with E-state index in [4.69, 9.17) is 14.1 Å². The fraction of sp³-hybridized carbons (Fsp3) is 0.467. The first-order valence-electron chi connectivity index (χ1n) is 7.66. The van der Waals surface area contributed by atoms with Crippen molar-refractivity contribution >= 4 is 18.7 Å². The van der Waals surface area contributed by atoms with Crippen molar-refractivity contribution in [1.29, 1.82) is 0 Å². The molecule has 0 amide bonds. The normalized spacial score (nSPS) is 22.9. The van der Waals surface area contributed by atoms with Crippen molar-refractivity contribution in [2.24, 2.45) is 5.92 Å². The lowest BCUT2D eigenvalue weighted by Gasteiger charge is -2.37. The van der Waals surface area contributed by atoms with Crippen LogP contribution in [0.5, 0.6) is 5.75 Å². The number of halogens is 1. The van der Waals surface area contributed by atoms with E-state index >= 15 is 0 Å². The molecular weight excluding hydrogens is 322 g/mol. The number of esters is 2. The van der Waals surface area contributed by atoms with Gasteiger partial charge in [-0.25, -0.2) is 9.18 Å². The number of benzene rings is 1. The van der Waals surface area contributed by atoms with Crippen LogP contribution in [0.2, 0.25) is 5.82 Å². The molecule has 1 aliphatic carbocycles. The summed E-state index contributed by atoms with van der Waals surface area (Å²) < 4.78 is 28.7. The Bertz CT molecular complexity index is 703. The Morgan fingerprint density at radius 1 is 1.38 bits per heavy atom. The van der Waals surface area contributed by atoms with Gasteiger partial charge in [0.05, 0.1) is 11.7 Å². The number of ether oxygens (including phenoxy) is 2. The molecule has 1 heterocycles. The van der Waals surface area contributed by atoms with Crippen LogP contribution in [0.1, 0.15) is 42.1 Å². The van der Waals surface area contributed by atoms with Gasteiger partial charge in [0, 0.05) is 0 Å². The van der Waals surface area contributed by atoms with Crippen LogP contribution < -0.4 is 4.65 Å². The van der Waals surface area contributed by atoms with Gasteiger partial charge in [0.25, 0.3) is 0 Å². The van der Waals surface area contributed by atoms with Gasteiger partial charge in [-0.2, -0.15) is 0 Å². The summed E-state index contributed by atoms with van der Waals surface area (Å²) in [7, 11) is 0. The van der Waals surface area contributed by atoms with E-state index in [2.05, 4.69) is 0 Å². The van der Waals surface area contributed by atoms with Gasteiger partial charge in [-0.05, 0) is 17.5 Å². The fourth-order valence-electron chi connectivity index (χ4n) is 2.88. The van der Waals surface area contributed by atoms with E-state index in [-0.39, 0.29) is 11.7 Å². The molecule has 2 aliphatic rings. The lowest BCUT2D eigenvalue weighted by molar-refractivity contribution is -0.155. The van der Waals surface area contributed by atoms with Gasteiger partial charge in [0.2, 0.25) is 6.79 Å². The van der Waals surface area contributed by atoms with Gasteiger partial charge in [-0.1, -0.05) is 32.2 Å². The van der Waals surface area contributed by atoms with Gasteiger partial charge in [0.1, 0.15) is 11.4 Å².